The molecular formula is C14H21N3O2. The van der Waals surface area contributed by atoms with E-state index in [1.54, 1.807) is 6.92 Å². The number of nitrogens with one attached hydrogen (secondary N) is 2. The fourth-order valence-electron chi connectivity index (χ4n) is 2.32. The van der Waals surface area contributed by atoms with Gasteiger partial charge in [0.1, 0.15) is 5.82 Å². The first-order valence-electron chi connectivity index (χ1n) is 6.83. The molecule has 1 heterocycles. The summed E-state index contributed by atoms with van der Waals surface area (Å²) in [7, 11) is 0. The molecule has 1 fully saturated rings. The van der Waals surface area contributed by atoms with Gasteiger partial charge in [-0.3, -0.25) is 9.59 Å². The molecule has 104 valence electrons. The maximum Gasteiger partial charge on any atom is 0.254 e. The van der Waals surface area contributed by atoms with Crippen LogP contribution in [0.3, 0.4) is 0 Å². The van der Waals surface area contributed by atoms with E-state index in [1.165, 1.54) is 12.8 Å². The summed E-state index contributed by atoms with van der Waals surface area (Å²) in [6.45, 7) is 5.60. The van der Waals surface area contributed by atoms with E-state index >= 15 is 0 Å². The van der Waals surface area contributed by atoms with Gasteiger partial charge in [-0.2, -0.15) is 0 Å². The SMILES string of the molecule is Cc1nc(C)c(CCC(=O)N[C@@H](C)C2CC2)c(=O)[nH]1. The number of aromatic amines is 1. The number of nitrogens with zero attached hydrogens (tertiary/aromatic N) is 1. The number of carbonyl (C=O) groups excluding carboxylic acids is 1. The highest BCUT2D eigenvalue weighted by atomic mass is 16.1. The molecule has 5 heteroatoms. The Hall–Kier alpha value is -1.65. The van der Waals surface area contributed by atoms with E-state index in [4.69, 9.17) is 0 Å². The lowest BCUT2D eigenvalue weighted by Crippen LogP contribution is -2.34. The van der Waals surface area contributed by atoms with Crippen LogP contribution in [0.2, 0.25) is 0 Å². The molecule has 5 nitrogen and oxygen atoms in total. The molecule has 1 aromatic rings. The van der Waals surface area contributed by atoms with Gasteiger partial charge >= 0.3 is 0 Å². The third-order valence-electron chi connectivity index (χ3n) is 3.66. The zero-order chi connectivity index (χ0) is 14.0. The van der Waals surface area contributed by atoms with Crippen LogP contribution in [-0.2, 0) is 11.2 Å². The van der Waals surface area contributed by atoms with Crippen molar-refractivity contribution in [1.82, 2.24) is 15.3 Å². The number of amides is 1. The molecule has 0 radical (unpaired) electrons. The Morgan fingerprint density at radius 2 is 2.16 bits per heavy atom. The Bertz CT molecular complexity index is 532. The summed E-state index contributed by atoms with van der Waals surface area (Å²) in [5.41, 5.74) is 1.19. The standard InChI is InChI=1S/C14H21N3O2/c1-8(11-4-5-11)16-13(18)7-6-12-9(2)15-10(3)17-14(12)19/h8,11H,4-7H2,1-3H3,(H,16,18)(H,15,17,19)/t8-/m0/s1. The van der Waals surface area contributed by atoms with Crippen molar-refractivity contribution in [2.45, 2.75) is 52.5 Å². The highest BCUT2D eigenvalue weighted by molar-refractivity contribution is 5.76. The summed E-state index contributed by atoms with van der Waals surface area (Å²) in [5, 5.41) is 2.99. The van der Waals surface area contributed by atoms with E-state index in [0.717, 1.165) is 0 Å². The monoisotopic (exact) mass is 263 g/mol. The van der Waals surface area contributed by atoms with Gasteiger partial charge in [-0.25, -0.2) is 4.98 Å². The van der Waals surface area contributed by atoms with E-state index in [-0.39, 0.29) is 17.5 Å². The number of hydrogen-bond donors (Lipinski definition) is 2. The average Bonchev–Trinajstić information content (AvgIpc) is 3.10. The maximum atomic E-state index is 11.8. The van der Waals surface area contributed by atoms with Crippen molar-refractivity contribution < 1.29 is 4.79 Å². The number of aromatic nitrogens is 2. The van der Waals surface area contributed by atoms with E-state index in [9.17, 15) is 9.59 Å². The predicted molar refractivity (Wildman–Crippen MR) is 73.0 cm³/mol. The first kappa shape index (κ1) is 13.8. The zero-order valence-corrected chi connectivity index (χ0v) is 11.7. The molecule has 0 spiro atoms. The first-order valence-corrected chi connectivity index (χ1v) is 6.83. The topological polar surface area (TPSA) is 74.8 Å². The Labute approximate surface area is 112 Å². The molecule has 0 saturated heterocycles. The lowest BCUT2D eigenvalue weighted by molar-refractivity contribution is -0.121. The van der Waals surface area contributed by atoms with Gasteiger partial charge in [-0.15, -0.1) is 0 Å². The largest absolute Gasteiger partial charge is 0.353 e. The zero-order valence-electron chi connectivity index (χ0n) is 11.7. The summed E-state index contributed by atoms with van der Waals surface area (Å²) in [4.78, 5) is 30.5. The maximum absolute atomic E-state index is 11.8. The fraction of sp³-hybridized carbons (Fsp3) is 0.643. The Morgan fingerprint density at radius 1 is 1.47 bits per heavy atom. The lowest BCUT2D eigenvalue weighted by atomic mass is 10.1. The minimum absolute atomic E-state index is 0.0128. The minimum atomic E-state index is -0.131. The van der Waals surface area contributed by atoms with Crippen molar-refractivity contribution in [2.75, 3.05) is 0 Å². The van der Waals surface area contributed by atoms with Crippen molar-refractivity contribution >= 4 is 5.91 Å². The van der Waals surface area contributed by atoms with Crippen LogP contribution in [-0.4, -0.2) is 21.9 Å². The van der Waals surface area contributed by atoms with Crippen LogP contribution in [0, 0.1) is 19.8 Å². The van der Waals surface area contributed by atoms with Gasteiger partial charge in [0.15, 0.2) is 0 Å². The molecule has 19 heavy (non-hydrogen) atoms. The Balaban J connectivity index is 1.91. The molecule has 1 aliphatic carbocycles. The molecule has 0 aliphatic heterocycles. The van der Waals surface area contributed by atoms with Gasteiger partial charge in [0.2, 0.25) is 5.91 Å². The van der Waals surface area contributed by atoms with Crippen molar-refractivity contribution in [3.63, 3.8) is 0 Å². The van der Waals surface area contributed by atoms with Crippen molar-refractivity contribution in [3.8, 4) is 0 Å². The first-order chi connectivity index (χ1) is 8.97. The number of rotatable bonds is 5. The van der Waals surface area contributed by atoms with E-state index in [2.05, 4.69) is 15.3 Å². The molecule has 2 rings (SSSR count). The van der Waals surface area contributed by atoms with Crippen LogP contribution in [0.5, 0.6) is 0 Å². The van der Waals surface area contributed by atoms with Crippen LogP contribution < -0.4 is 10.9 Å². The molecule has 0 bridgehead atoms. The smallest absolute Gasteiger partial charge is 0.254 e. The predicted octanol–water partition coefficient (Wildman–Crippen LogP) is 1.23. The number of H-pyrrole nitrogens is 1. The summed E-state index contributed by atoms with van der Waals surface area (Å²) < 4.78 is 0. The molecule has 1 saturated carbocycles. The summed E-state index contributed by atoms with van der Waals surface area (Å²) in [5.74, 6) is 1.27. The summed E-state index contributed by atoms with van der Waals surface area (Å²) in [6.07, 6.45) is 3.20. The second-order valence-electron chi connectivity index (χ2n) is 5.41. The third-order valence-corrected chi connectivity index (χ3v) is 3.66. The highest BCUT2D eigenvalue weighted by Crippen LogP contribution is 2.32. The fourth-order valence-corrected chi connectivity index (χ4v) is 2.32. The quantitative estimate of drug-likeness (QED) is 0.839. The van der Waals surface area contributed by atoms with Gasteiger partial charge in [0.25, 0.3) is 5.56 Å². The van der Waals surface area contributed by atoms with Crippen LogP contribution in [0.15, 0.2) is 4.79 Å². The molecule has 1 aliphatic rings. The van der Waals surface area contributed by atoms with Crippen LogP contribution in [0.4, 0.5) is 0 Å². The van der Waals surface area contributed by atoms with Crippen LogP contribution >= 0.6 is 0 Å². The molecule has 1 atom stereocenters. The second-order valence-corrected chi connectivity index (χ2v) is 5.41. The van der Waals surface area contributed by atoms with Crippen molar-refractivity contribution in [1.29, 1.82) is 0 Å². The van der Waals surface area contributed by atoms with Crippen molar-refractivity contribution in [2.24, 2.45) is 5.92 Å². The molecular weight excluding hydrogens is 242 g/mol. The normalized spacial score (nSPS) is 16.2. The number of aryl methyl sites for hydroxylation is 2. The molecule has 1 amide bonds. The van der Waals surface area contributed by atoms with Crippen LogP contribution in [0.25, 0.3) is 0 Å². The molecule has 2 N–H and O–H groups in total. The third kappa shape index (κ3) is 3.66. The Morgan fingerprint density at radius 3 is 2.74 bits per heavy atom. The van der Waals surface area contributed by atoms with Gasteiger partial charge in [0, 0.05) is 23.7 Å². The van der Waals surface area contributed by atoms with Gasteiger partial charge in [-0.1, -0.05) is 0 Å². The van der Waals surface area contributed by atoms with Crippen LogP contribution in [0.1, 0.15) is 43.3 Å². The van der Waals surface area contributed by atoms with E-state index < -0.39 is 0 Å². The minimum Gasteiger partial charge on any atom is -0.353 e. The number of carbonyl (C=O) groups is 1. The van der Waals surface area contributed by atoms with Gasteiger partial charge in [0.05, 0.1) is 0 Å². The second kappa shape index (κ2) is 5.55. The highest BCUT2D eigenvalue weighted by Gasteiger charge is 2.28. The Kier molecular flexibility index (Phi) is 4.02. The van der Waals surface area contributed by atoms with E-state index in [0.29, 0.717) is 35.8 Å². The molecule has 1 aromatic heterocycles. The van der Waals surface area contributed by atoms with Crippen molar-refractivity contribution in [3.05, 3.63) is 27.4 Å². The average molecular weight is 263 g/mol. The molecule has 0 aromatic carbocycles. The lowest BCUT2D eigenvalue weighted by Gasteiger charge is -2.12. The van der Waals surface area contributed by atoms with E-state index in [1.807, 2.05) is 13.8 Å². The number of hydrogen-bond acceptors (Lipinski definition) is 3. The summed E-state index contributed by atoms with van der Waals surface area (Å²) >= 11 is 0. The van der Waals surface area contributed by atoms with Gasteiger partial charge in [-0.05, 0) is 46.0 Å². The molecule has 0 unspecified atom stereocenters. The summed E-state index contributed by atoms with van der Waals surface area (Å²) in [6, 6.07) is 0.253. The van der Waals surface area contributed by atoms with Gasteiger partial charge < -0.3 is 10.3 Å².